The minimum absolute atomic E-state index is 0.0702. The van der Waals surface area contributed by atoms with Crippen LogP contribution in [0.25, 0.3) is 33.9 Å². The standard InChI is InChI=1S/C32H25Cl2N9O4/c1-35-32(46)47-26-16-28(45)37-23-10-7-20(15-22(23)26)29-30(34)40-31(39-29)24(13-18-5-3-2-4-6-18)38-27(44)12-8-19-14-21(33)9-11-25(19)43-17-36-41-42-43/h2-12,14-17,24H,13H2,1H3,(H,35,46)(H,37,45)(H,38,44)(H,39,40)/b12-8+/t24-/m0/s1. The molecule has 1 atom stereocenters. The Morgan fingerprint density at radius 1 is 1.04 bits per heavy atom. The number of hydrogen-bond donors (Lipinski definition) is 4. The summed E-state index contributed by atoms with van der Waals surface area (Å²) in [5, 5.41) is 17.8. The van der Waals surface area contributed by atoms with Crippen LogP contribution in [0.5, 0.6) is 5.75 Å². The van der Waals surface area contributed by atoms with Crippen molar-refractivity contribution in [2.45, 2.75) is 12.5 Å². The molecule has 0 aliphatic rings. The van der Waals surface area contributed by atoms with E-state index in [1.807, 2.05) is 30.3 Å². The molecule has 0 radical (unpaired) electrons. The molecular weight excluding hydrogens is 645 g/mol. The van der Waals surface area contributed by atoms with Crippen molar-refractivity contribution in [3.8, 4) is 22.7 Å². The van der Waals surface area contributed by atoms with E-state index in [2.05, 4.69) is 36.1 Å². The van der Waals surface area contributed by atoms with Crippen molar-refractivity contribution >= 4 is 52.2 Å². The van der Waals surface area contributed by atoms with Crippen molar-refractivity contribution in [2.24, 2.45) is 0 Å². The van der Waals surface area contributed by atoms with Gasteiger partial charge in [-0.1, -0.05) is 59.6 Å². The number of tetrazole rings is 1. The smallest absolute Gasteiger partial charge is 0.409 e. The second-order valence-corrected chi connectivity index (χ2v) is 11.0. The zero-order valence-corrected chi connectivity index (χ0v) is 26.1. The van der Waals surface area contributed by atoms with Gasteiger partial charge in [-0.25, -0.2) is 9.78 Å². The van der Waals surface area contributed by atoms with E-state index >= 15 is 0 Å². The number of carbonyl (C=O) groups is 2. The first kappa shape index (κ1) is 31.2. The van der Waals surface area contributed by atoms with Crippen molar-refractivity contribution in [3.05, 3.63) is 123 Å². The van der Waals surface area contributed by atoms with Crippen molar-refractivity contribution in [2.75, 3.05) is 7.05 Å². The Kier molecular flexibility index (Phi) is 9.09. The molecule has 0 saturated heterocycles. The van der Waals surface area contributed by atoms with Crippen LogP contribution in [0.1, 0.15) is 23.0 Å². The van der Waals surface area contributed by atoms with Crippen molar-refractivity contribution in [1.29, 1.82) is 0 Å². The van der Waals surface area contributed by atoms with E-state index in [-0.39, 0.29) is 10.9 Å². The molecule has 6 rings (SSSR count). The third-order valence-electron chi connectivity index (χ3n) is 7.09. The maximum Gasteiger partial charge on any atom is 0.412 e. The van der Waals surface area contributed by atoms with Crippen LogP contribution in [0.2, 0.25) is 10.2 Å². The largest absolute Gasteiger partial charge is 0.412 e. The maximum atomic E-state index is 13.3. The number of carbonyl (C=O) groups excluding carboxylic acids is 2. The topological polar surface area (TPSA) is 173 Å². The molecule has 236 valence electrons. The number of aromatic nitrogens is 7. The summed E-state index contributed by atoms with van der Waals surface area (Å²) >= 11 is 12.9. The summed E-state index contributed by atoms with van der Waals surface area (Å²) in [6.07, 6.45) is 4.13. The Morgan fingerprint density at radius 3 is 2.64 bits per heavy atom. The Morgan fingerprint density at radius 2 is 1.87 bits per heavy atom. The Labute approximate surface area is 276 Å². The summed E-state index contributed by atoms with van der Waals surface area (Å²) in [6.45, 7) is 0. The van der Waals surface area contributed by atoms with Crippen LogP contribution in [0.15, 0.2) is 90.0 Å². The third kappa shape index (κ3) is 7.21. The quantitative estimate of drug-likeness (QED) is 0.155. The van der Waals surface area contributed by atoms with E-state index in [0.29, 0.717) is 50.7 Å². The van der Waals surface area contributed by atoms with Crippen LogP contribution >= 0.6 is 23.2 Å². The summed E-state index contributed by atoms with van der Waals surface area (Å²) < 4.78 is 6.79. The Balaban J connectivity index is 1.32. The minimum Gasteiger partial charge on any atom is -0.409 e. The number of H-pyrrole nitrogens is 2. The zero-order valence-electron chi connectivity index (χ0n) is 24.6. The molecule has 0 fully saturated rings. The highest BCUT2D eigenvalue weighted by Crippen LogP contribution is 2.33. The highest BCUT2D eigenvalue weighted by molar-refractivity contribution is 6.32. The van der Waals surface area contributed by atoms with Gasteiger partial charge in [-0.2, -0.15) is 4.68 Å². The molecular formula is C32H25Cl2N9O4. The number of nitrogens with one attached hydrogen (secondary N) is 4. The number of ether oxygens (including phenoxy) is 1. The Bertz CT molecular complexity index is 2160. The molecule has 3 aromatic carbocycles. The first-order valence-corrected chi connectivity index (χ1v) is 14.9. The highest BCUT2D eigenvalue weighted by Gasteiger charge is 2.22. The molecule has 0 unspecified atom stereocenters. The number of amides is 2. The fourth-order valence-electron chi connectivity index (χ4n) is 4.92. The van der Waals surface area contributed by atoms with E-state index in [1.54, 1.807) is 42.5 Å². The van der Waals surface area contributed by atoms with Crippen LogP contribution in [-0.2, 0) is 11.2 Å². The molecule has 15 heteroatoms. The van der Waals surface area contributed by atoms with E-state index < -0.39 is 23.6 Å². The van der Waals surface area contributed by atoms with Crippen molar-refractivity contribution in [3.63, 3.8) is 0 Å². The van der Waals surface area contributed by atoms with Crippen LogP contribution in [0.3, 0.4) is 0 Å². The average Bonchev–Trinajstić information content (AvgIpc) is 3.74. The van der Waals surface area contributed by atoms with E-state index in [0.717, 1.165) is 5.56 Å². The molecule has 0 saturated carbocycles. The van der Waals surface area contributed by atoms with Gasteiger partial charge in [0.15, 0.2) is 0 Å². The SMILES string of the molecule is CNC(=O)Oc1cc(=O)[nH]c2ccc(-c3nc([C@H](Cc4ccccc4)NC(=O)/C=C/c4cc(Cl)ccc4-n4cnnn4)[nH]c3Cl)cc12. The molecule has 0 spiro atoms. The van der Waals surface area contributed by atoms with Crippen molar-refractivity contribution in [1.82, 2.24) is 45.8 Å². The number of aromatic amines is 2. The van der Waals surface area contributed by atoms with Gasteiger partial charge < -0.3 is 25.3 Å². The lowest BCUT2D eigenvalue weighted by atomic mass is 10.1. The maximum absolute atomic E-state index is 13.3. The summed E-state index contributed by atoms with van der Waals surface area (Å²) in [5.41, 5.74) is 3.22. The molecule has 47 heavy (non-hydrogen) atoms. The van der Waals surface area contributed by atoms with Gasteiger partial charge in [0.2, 0.25) is 5.91 Å². The van der Waals surface area contributed by atoms with Crippen LogP contribution in [-0.4, -0.2) is 54.2 Å². The summed E-state index contributed by atoms with van der Waals surface area (Å²) in [6, 6.07) is 20.5. The molecule has 4 N–H and O–H groups in total. The number of fused-ring (bicyclic) bond motifs is 1. The number of pyridine rings is 1. The van der Waals surface area contributed by atoms with Crippen LogP contribution < -0.4 is 20.9 Å². The van der Waals surface area contributed by atoms with Gasteiger partial charge in [0.1, 0.15) is 28.7 Å². The fourth-order valence-corrected chi connectivity index (χ4v) is 5.35. The lowest BCUT2D eigenvalue weighted by Gasteiger charge is -2.16. The third-order valence-corrected chi connectivity index (χ3v) is 7.60. The molecule has 0 bridgehead atoms. The molecule has 3 heterocycles. The predicted molar refractivity (Wildman–Crippen MR) is 176 cm³/mol. The summed E-state index contributed by atoms with van der Waals surface area (Å²) in [7, 11) is 1.42. The number of halogens is 2. The fraction of sp³-hybridized carbons (Fsp3) is 0.0938. The van der Waals surface area contributed by atoms with E-state index in [1.165, 1.54) is 30.2 Å². The lowest BCUT2D eigenvalue weighted by Crippen LogP contribution is -2.29. The number of rotatable bonds is 9. The van der Waals surface area contributed by atoms with Gasteiger partial charge in [-0.15, -0.1) is 5.10 Å². The molecule has 2 amide bonds. The highest BCUT2D eigenvalue weighted by atomic mass is 35.5. The van der Waals surface area contributed by atoms with E-state index in [4.69, 9.17) is 32.9 Å². The summed E-state index contributed by atoms with van der Waals surface area (Å²) in [4.78, 5) is 48.0. The zero-order chi connectivity index (χ0) is 32.9. The number of hydrogen-bond acceptors (Lipinski definition) is 8. The molecule has 6 aromatic rings. The summed E-state index contributed by atoms with van der Waals surface area (Å²) in [5.74, 6) is 0.0882. The van der Waals surface area contributed by atoms with Gasteiger partial charge >= 0.3 is 6.09 Å². The van der Waals surface area contributed by atoms with Gasteiger partial charge in [-0.05, 0) is 58.8 Å². The van der Waals surface area contributed by atoms with Crippen LogP contribution in [0.4, 0.5) is 4.79 Å². The Hall–Kier alpha value is -5.79. The van der Waals surface area contributed by atoms with Gasteiger partial charge in [-0.3, -0.25) is 9.59 Å². The molecule has 13 nitrogen and oxygen atoms in total. The number of nitrogens with zero attached hydrogens (tertiary/aromatic N) is 5. The lowest BCUT2D eigenvalue weighted by molar-refractivity contribution is -0.117. The molecule has 3 aromatic heterocycles. The monoisotopic (exact) mass is 669 g/mol. The number of imidazole rings is 1. The first-order valence-electron chi connectivity index (χ1n) is 14.1. The average molecular weight is 671 g/mol. The predicted octanol–water partition coefficient (Wildman–Crippen LogP) is 5.03. The second-order valence-electron chi connectivity index (χ2n) is 10.2. The van der Waals surface area contributed by atoms with Gasteiger partial charge in [0.05, 0.1) is 17.2 Å². The minimum atomic E-state index is -0.724. The van der Waals surface area contributed by atoms with Gasteiger partial charge in [0, 0.05) is 40.7 Å². The molecule has 0 aliphatic heterocycles. The van der Waals surface area contributed by atoms with E-state index in [9.17, 15) is 14.4 Å². The van der Waals surface area contributed by atoms with Crippen molar-refractivity contribution < 1.29 is 14.3 Å². The first-order chi connectivity index (χ1) is 22.8. The van der Waals surface area contributed by atoms with Crippen LogP contribution in [0, 0.1) is 0 Å². The molecule has 0 aliphatic carbocycles. The second kappa shape index (κ2) is 13.7. The van der Waals surface area contributed by atoms with Gasteiger partial charge in [0.25, 0.3) is 5.56 Å². The normalized spacial score (nSPS) is 11.9. The number of benzene rings is 3.